The van der Waals surface area contributed by atoms with Crippen molar-refractivity contribution in [3.8, 4) is 0 Å². The smallest absolute Gasteiger partial charge is 0.129 e. The monoisotopic (exact) mass is 639 g/mol. The molecule has 1 heterocycles. The molecule has 40 heavy (non-hydrogen) atoms. The number of nitrogens with zero attached hydrogens (tertiary/aromatic N) is 1. The van der Waals surface area contributed by atoms with E-state index in [0.29, 0.717) is 12.2 Å². The summed E-state index contributed by atoms with van der Waals surface area (Å²) < 4.78 is 1.42. The molecular weight excluding hydrogens is 596 g/mol. The maximum atomic E-state index is 11.3. The Hall–Kier alpha value is -1.99. The quantitative estimate of drug-likeness (QED) is 0.209. The lowest BCUT2D eigenvalue weighted by molar-refractivity contribution is -0.117. The van der Waals surface area contributed by atoms with Crippen molar-refractivity contribution in [2.24, 2.45) is 0 Å². The second-order valence-electron chi connectivity index (χ2n) is 9.44. The molecule has 1 aliphatic heterocycles. The lowest BCUT2D eigenvalue weighted by Gasteiger charge is -2.35. The topological polar surface area (TPSA) is 32.3 Å². The molecule has 4 rings (SSSR count). The molecule has 0 amide bonds. The Bertz CT molecular complexity index is 1150. The Labute approximate surface area is 261 Å². The van der Waals surface area contributed by atoms with Crippen LogP contribution in [0.5, 0.6) is 0 Å². The van der Waals surface area contributed by atoms with Crippen LogP contribution < -0.4 is 27.2 Å². The molecule has 216 valence electrons. The molecule has 6 heteroatoms. The van der Waals surface area contributed by atoms with Crippen LogP contribution >= 0.6 is 23.5 Å². The zero-order valence-electron chi connectivity index (χ0n) is 24.4. The second-order valence-corrected chi connectivity index (χ2v) is 11.9. The number of thioether (sulfide) groups is 2. The molecule has 0 atom stereocenters. The normalized spacial score (nSPS) is 11.5. The summed E-state index contributed by atoms with van der Waals surface area (Å²) in [5.41, 5.74) is 7.86. The zero-order valence-corrected chi connectivity index (χ0v) is 27.6. The molecule has 0 aliphatic carbocycles. The van der Waals surface area contributed by atoms with E-state index in [9.17, 15) is 4.79 Å². The number of fused-ring (bicyclic) bond motifs is 2. The molecule has 3 aromatic carbocycles. The van der Waals surface area contributed by atoms with Gasteiger partial charge in [0.15, 0.2) is 0 Å². The number of nitrogens with one attached hydrogen (secondary N) is 1. The third-order valence-electron chi connectivity index (χ3n) is 6.53. The van der Waals surface area contributed by atoms with E-state index in [-0.39, 0.29) is 17.0 Å². The molecule has 0 unspecified atom stereocenters. The molecule has 0 spiro atoms. The lowest BCUT2D eigenvalue weighted by atomic mass is 9.91. The highest BCUT2D eigenvalue weighted by atomic mass is 79.9. The van der Waals surface area contributed by atoms with Gasteiger partial charge >= 0.3 is 0 Å². The highest BCUT2D eigenvalue weighted by molar-refractivity contribution is 8.22. The number of rotatable bonds is 14. The molecule has 3 nitrogen and oxygen atoms in total. The summed E-state index contributed by atoms with van der Waals surface area (Å²) in [6, 6.07) is 28.5. The maximum Gasteiger partial charge on any atom is 0.129 e. The van der Waals surface area contributed by atoms with Gasteiger partial charge in [-0.05, 0) is 69.0 Å². The molecule has 0 bridgehead atoms. The van der Waals surface area contributed by atoms with Crippen LogP contribution in [-0.2, 0) is 11.3 Å². The molecule has 1 N–H and O–H groups in total. The van der Waals surface area contributed by atoms with Crippen LogP contribution in [0.4, 0.5) is 11.4 Å². The first kappa shape index (κ1) is 34.2. The van der Waals surface area contributed by atoms with E-state index in [1.807, 2.05) is 44.4 Å². The van der Waals surface area contributed by atoms with Crippen LogP contribution in [0, 0.1) is 0 Å². The molecule has 3 aromatic rings. The molecule has 0 fully saturated rings. The van der Waals surface area contributed by atoms with Crippen molar-refractivity contribution in [2.75, 3.05) is 30.0 Å². The number of carbonyl (C=O) groups excluding carboxylic acids is 1. The zero-order chi connectivity index (χ0) is 27.9. The largest absolute Gasteiger partial charge is 1.00 e. The number of halogens is 1. The summed E-state index contributed by atoms with van der Waals surface area (Å²) in [7, 11) is 2.02. The van der Waals surface area contributed by atoms with Crippen molar-refractivity contribution in [3.63, 3.8) is 0 Å². The van der Waals surface area contributed by atoms with Gasteiger partial charge in [0, 0.05) is 45.3 Å². The van der Waals surface area contributed by atoms with Gasteiger partial charge in [0.2, 0.25) is 0 Å². The Balaban J connectivity index is 0.00000183. The van der Waals surface area contributed by atoms with Crippen molar-refractivity contribution >= 4 is 46.3 Å². The van der Waals surface area contributed by atoms with E-state index in [0.717, 1.165) is 50.3 Å². The van der Waals surface area contributed by atoms with Gasteiger partial charge in [0.05, 0.1) is 0 Å². The molecule has 0 aromatic heterocycles. The predicted octanol–water partition coefficient (Wildman–Crippen LogP) is 6.31. The Morgan fingerprint density at radius 1 is 0.750 bits per heavy atom. The van der Waals surface area contributed by atoms with Crippen molar-refractivity contribution < 1.29 is 21.8 Å². The van der Waals surface area contributed by atoms with Crippen LogP contribution in [0.15, 0.2) is 83.1 Å². The van der Waals surface area contributed by atoms with Gasteiger partial charge in [-0.3, -0.25) is 0 Å². The van der Waals surface area contributed by atoms with Crippen LogP contribution in [0.3, 0.4) is 0 Å². The molecule has 1 aliphatic rings. The van der Waals surface area contributed by atoms with E-state index in [1.165, 1.54) is 37.9 Å². The number of unbranched alkanes of at least 4 members (excludes halogenated alkanes) is 2. The van der Waals surface area contributed by atoms with E-state index >= 15 is 0 Å². The van der Waals surface area contributed by atoms with Crippen molar-refractivity contribution in [1.82, 2.24) is 5.32 Å². The highest BCUT2D eigenvalue weighted by Crippen LogP contribution is 2.50. The third-order valence-corrected chi connectivity index (χ3v) is 9.15. The fourth-order valence-corrected chi connectivity index (χ4v) is 7.26. The Kier molecular flexibility index (Phi) is 16.4. The number of hydrogen-bond donors (Lipinski definition) is 1. The van der Waals surface area contributed by atoms with Crippen LogP contribution in [0.1, 0.15) is 69.6 Å². The van der Waals surface area contributed by atoms with Gasteiger partial charge in [0.1, 0.15) is 5.78 Å². The fraction of sp³-hybridized carbons (Fsp3) is 0.382. The number of benzene rings is 3. The number of para-hydroxylation sites is 2. The summed E-state index contributed by atoms with van der Waals surface area (Å²) in [6.45, 7) is 7.57. The fourth-order valence-electron chi connectivity index (χ4n) is 4.69. The number of ketones is 1. The highest BCUT2D eigenvalue weighted by Gasteiger charge is 2.28. The average Bonchev–Trinajstić information content (AvgIpc) is 2.97. The lowest BCUT2D eigenvalue weighted by Crippen LogP contribution is -3.00. The van der Waals surface area contributed by atoms with Gasteiger partial charge in [-0.25, -0.2) is 0 Å². The number of carbonyl (C=O) groups is 1. The van der Waals surface area contributed by atoms with Gasteiger partial charge < -0.3 is 32.0 Å². The Morgan fingerprint density at radius 3 is 1.88 bits per heavy atom. The summed E-state index contributed by atoms with van der Waals surface area (Å²) in [4.78, 5) is 13.8. The van der Waals surface area contributed by atoms with Crippen LogP contribution in [0.2, 0.25) is 0 Å². The van der Waals surface area contributed by atoms with Gasteiger partial charge in [-0.1, -0.05) is 87.0 Å². The number of Topliss-reactive ketones (excluding diaryl/α,β-unsaturated/α-hetero) is 1. The summed E-state index contributed by atoms with van der Waals surface area (Å²) in [5.74, 6) is 2.47. The van der Waals surface area contributed by atoms with Crippen molar-refractivity contribution in [3.05, 3.63) is 99.8 Å². The van der Waals surface area contributed by atoms with E-state index in [2.05, 4.69) is 89.1 Å². The molecule has 0 saturated carbocycles. The van der Waals surface area contributed by atoms with Gasteiger partial charge in [0.25, 0.3) is 0 Å². The summed E-state index contributed by atoms with van der Waals surface area (Å²) in [6.07, 6.45) is 5.08. The summed E-state index contributed by atoms with van der Waals surface area (Å²) in [5, 5.41) is 3.29. The molecule has 0 saturated heterocycles. The van der Waals surface area contributed by atoms with Crippen molar-refractivity contribution in [2.45, 2.75) is 59.4 Å². The maximum absolute atomic E-state index is 11.3. The Morgan fingerprint density at radius 2 is 1.30 bits per heavy atom. The minimum atomic E-state index is 0. The van der Waals surface area contributed by atoms with Gasteiger partial charge in [-0.2, -0.15) is 0 Å². The first-order valence-corrected chi connectivity index (χ1v) is 16.3. The first-order chi connectivity index (χ1) is 19.2. The number of anilines is 2. The van der Waals surface area contributed by atoms with Crippen LogP contribution in [0.25, 0.3) is 5.57 Å². The predicted molar refractivity (Wildman–Crippen MR) is 175 cm³/mol. The molecular formula is C34H44BrN2OS2-. The number of hydrogen-bond acceptors (Lipinski definition) is 5. The van der Waals surface area contributed by atoms with E-state index < -0.39 is 0 Å². The second kappa shape index (κ2) is 19.2. The minimum absolute atomic E-state index is 0. The van der Waals surface area contributed by atoms with Crippen LogP contribution in [-0.4, -0.2) is 30.9 Å². The van der Waals surface area contributed by atoms with E-state index in [4.69, 9.17) is 0 Å². The first-order valence-electron chi connectivity index (χ1n) is 14.3. The summed E-state index contributed by atoms with van der Waals surface area (Å²) >= 11 is 4.00. The minimum Gasteiger partial charge on any atom is -1.00 e. The van der Waals surface area contributed by atoms with Crippen molar-refractivity contribution in [1.29, 1.82) is 0 Å². The third kappa shape index (κ3) is 9.83. The molecule has 0 radical (unpaired) electrons. The standard InChI is InChI=1S/C32H38N2OS2.C2H6.BrH/c1-25(35)14-5-4-12-22-36-32(37-23-13-21-33-2)31-27-17-8-10-19-29(27)34(24-26-15-6-3-7-16-26)30-20-11-9-18-28(30)31;1-2;/h3,6-11,15-20,33H,4-5,12-14,21-24H2,1-2H3;1-2H3;1H/p-1. The van der Waals surface area contributed by atoms with Gasteiger partial charge in [-0.15, -0.1) is 23.5 Å². The van der Waals surface area contributed by atoms with E-state index in [1.54, 1.807) is 6.92 Å². The SMILES string of the molecule is CC.CNCCCSC(SCCCCCC(C)=O)=C1c2ccccc2N(Cc2ccccc2)c2ccccc21.[Br-]. The average molecular weight is 641 g/mol.